The van der Waals surface area contributed by atoms with Gasteiger partial charge in [-0.05, 0) is 67.8 Å². The monoisotopic (exact) mass is 326 g/mol. The Balaban J connectivity index is 2.00. The Labute approximate surface area is 142 Å². The predicted molar refractivity (Wildman–Crippen MR) is 92.5 cm³/mol. The Morgan fingerprint density at radius 2 is 1.50 bits per heavy atom. The maximum atomic E-state index is 12.2. The molecule has 0 saturated heterocycles. The molecule has 0 aliphatic heterocycles. The van der Waals surface area contributed by atoms with Crippen molar-refractivity contribution >= 4 is 11.9 Å². The van der Waals surface area contributed by atoms with E-state index in [2.05, 4.69) is 0 Å². The van der Waals surface area contributed by atoms with Gasteiger partial charge in [0.25, 0.3) is 0 Å². The topological polar surface area (TPSA) is 52.6 Å². The summed E-state index contributed by atoms with van der Waals surface area (Å²) in [5.41, 5.74) is 3.01. The summed E-state index contributed by atoms with van der Waals surface area (Å²) < 4.78 is 10.5. The van der Waals surface area contributed by atoms with E-state index in [0.717, 1.165) is 24.0 Å². The quantitative estimate of drug-likeness (QED) is 0.446. The van der Waals surface area contributed by atoms with Gasteiger partial charge in [0, 0.05) is 0 Å². The second-order valence-corrected chi connectivity index (χ2v) is 5.70. The third kappa shape index (κ3) is 4.69. The van der Waals surface area contributed by atoms with Gasteiger partial charge < -0.3 is 9.47 Å². The van der Waals surface area contributed by atoms with Gasteiger partial charge in [0.1, 0.15) is 5.75 Å². The number of carbonyl (C=O) groups excluding carboxylic acids is 2. The molecule has 2 aromatic carbocycles. The van der Waals surface area contributed by atoms with Crippen molar-refractivity contribution in [2.24, 2.45) is 0 Å². The molecule has 0 aliphatic carbocycles. The molecule has 0 fully saturated rings. The van der Waals surface area contributed by atoms with Crippen molar-refractivity contribution in [2.75, 3.05) is 6.61 Å². The number of rotatable bonds is 6. The zero-order valence-corrected chi connectivity index (χ0v) is 14.3. The van der Waals surface area contributed by atoms with Crippen molar-refractivity contribution in [3.05, 3.63) is 64.7 Å². The molecule has 126 valence electrons. The summed E-state index contributed by atoms with van der Waals surface area (Å²) in [5.74, 6) is -0.326. The van der Waals surface area contributed by atoms with Crippen molar-refractivity contribution < 1.29 is 19.1 Å². The minimum absolute atomic E-state index is 0.377. The average Bonchev–Trinajstić information content (AvgIpc) is 2.58. The molecule has 0 bridgehead atoms. The number of hydrogen-bond donors (Lipinski definition) is 0. The SMILES string of the molecule is CCCCOC(=O)c1ccc(C(=O)Oc2ccc(C)c(C)c2)cc1. The molecule has 0 radical (unpaired) electrons. The van der Waals surface area contributed by atoms with Crippen LogP contribution in [0.15, 0.2) is 42.5 Å². The first-order valence-electron chi connectivity index (χ1n) is 8.08. The van der Waals surface area contributed by atoms with E-state index in [4.69, 9.17) is 9.47 Å². The lowest BCUT2D eigenvalue weighted by Crippen LogP contribution is -2.10. The third-order valence-electron chi connectivity index (χ3n) is 3.78. The van der Waals surface area contributed by atoms with Gasteiger partial charge in [0.05, 0.1) is 17.7 Å². The van der Waals surface area contributed by atoms with Crippen molar-refractivity contribution in [3.8, 4) is 5.75 Å². The Morgan fingerprint density at radius 1 is 0.875 bits per heavy atom. The van der Waals surface area contributed by atoms with Crippen molar-refractivity contribution in [1.82, 2.24) is 0 Å². The minimum Gasteiger partial charge on any atom is -0.462 e. The van der Waals surface area contributed by atoms with Gasteiger partial charge in [-0.15, -0.1) is 0 Å². The summed E-state index contributed by atoms with van der Waals surface area (Å²) >= 11 is 0. The van der Waals surface area contributed by atoms with Crippen LogP contribution in [0.25, 0.3) is 0 Å². The molecule has 0 spiro atoms. The lowest BCUT2D eigenvalue weighted by atomic mass is 10.1. The van der Waals surface area contributed by atoms with Crippen molar-refractivity contribution in [3.63, 3.8) is 0 Å². The summed E-state index contributed by atoms with van der Waals surface area (Å²) in [4.78, 5) is 24.0. The van der Waals surface area contributed by atoms with Gasteiger partial charge in [-0.3, -0.25) is 0 Å². The van der Waals surface area contributed by atoms with Crippen LogP contribution in [0.1, 0.15) is 51.6 Å². The Morgan fingerprint density at radius 3 is 2.08 bits per heavy atom. The summed E-state index contributed by atoms with van der Waals surface area (Å²) in [5, 5.41) is 0. The highest BCUT2D eigenvalue weighted by Crippen LogP contribution is 2.18. The number of aryl methyl sites for hydroxylation is 2. The fourth-order valence-electron chi connectivity index (χ4n) is 2.08. The number of unbranched alkanes of at least 4 members (excludes halogenated alkanes) is 1. The molecule has 0 aromatic heterocycles. The molecule has 0 amide bonds. The fourth-order valence-corrected chi connectivity index (χ4v) is 2.08. The molecule has 0 unspecified atom stereocenters. The van der Waals surface area contributed by atoms with Crippen LogP contribution in [-0.4, -0.2) is 18.5 Å². The molecule has 4 heteroatoms. The maximum absolute atomic E-state index is 12.2. The number of esters is 2. The van der Waals surface area contributed by atoms with E-state index < -0.39 is 5.97 Å². The summed E-state index contributed by atoms with van der Waals surface area (Å²) in [6.07, 6.45) is 1.81. The first kappa shape index (κ1) is 17.7. The molecule has 4 nitrogen and oxygen atoms in total. The van der Waals surface area contributed by atoms with Gasteiger partial charge in [0.2, 0.25) is 0 Å². The molecule has 0 N–H and O–H groups in total. The largest absolute Gasteiger partial charge is 0.462 e. The van der Waals surface area contributed by atoms with Gasteiger partial charge in [-0.25, -0.2) is 9.59 Å². The fraction of sp³-hybridized carbons (Fsp3) is 0.300. The molecule has 24 heavy (non-hydrogen) atoms. The standard InChI is InChI=1S/C20H22O4/c1-4-5-12-23-19(21)16-7-9-17(10-8-16)20(22)24-18-11-6-14(2)15(3)13-18/h6-11,13H,4-5,12H2,1-3H3. The van der Waals surface area contributed by atoms with Gasteiger partial charge in [-0.2, -0.15) is 0 Å². The molecule has 2 aromatic rings. The minimum atomic E-state index is -0.454. The molecular weight excluding hydrogens is 304 g/mol. The van der Waals surface area contributed by atoms with Crippen LogP contribution in [-0.2, 0) is 4.74 Å². The van der Waals surface area contributed by atoms with Crippen LogP contribution in [0.4, 0.5) is 0 Å². The van der Waals surface area contributed by atoms with E-state index in [1.807, 2.05) is 32.9 Å². The highest BCUT2D eigenvalue weighted by atomic mass is 16.5. The van der Waals surface area contributed by atoms with Crippen LogP contribution >= 0.6 is 0 Å². The van der Waals surface area contributed by atoms with E-state index in [9.17, 15) is 9.59 Å². The maximum Gasteiger partial charge on any atom is 0.343 e. The van der Waals surface area contributed by atoms with Crippen LogP contribution < -0.4 is 4.74 Å². The van der Waals surface area contributed by atoms with Gasteiger partial charge >= 0.3 is 11.9 Å². The second kappa shape index (κ2) is 8.29. The zero-order valence-electron chi connectivity index (χ0n) is 14.3. The van der Waals surface area contributed by atoms with E-state index >= 15 is 0 Å². The summed E-state index contributed by atoms with van der Waals surface area (Å²) in [6.45, 7) is 6.40. The van der Waals surface area contributed by atoms with Crippen LogP contribution in [0.3, 0.4) is 0 Å². The first-order chi connectivity index (χ1) is 11.5. The lowest BCUT2D eigenvalue weighted by Gasteiger charge is -2.07. The van der Waals surface area contributed by atoms with E-state index in [-0.39, 0.29) is 5.97 Å². The van der Waals surface area contributed by atoms with E-state index in [1.165, 1.54) is 0 Å². The number of carbonyl (C=O) groups is 2. The number of ether oxygens (including phenoxy) is 2. The lowest BCUT2D eigenvalue weighted by molar-refractivity contribution is 0.0499. The first-order valence-corrected chi connectivity index (χ1v) is 8.08. The Bertz CT molecular complexity index is 717. The molecular formula is C20H22O4. The molecule has 0 saturated carbocycles. The smallest absolute Gasteiger partial charge is 0.343 e. The van der Waals surface area contributed by atoms with Gasteiger partial charge in [0.15, 0.2) is 0 Å². The van der Waals surface area contributed by atoms with Crippen LogP contribution in [0, 0.1) is 13.8 Å². The normalized spacial score (nSPS) is 10.3. The number of hydrogen-bond acceptors (Lipinski definition) is 4. The highest BCUT2D eigenvalue weighted by molar-refractivity contribution is 5.94. The van der Waals surface area contributed by atoms with E-state index in [1.54, 1.807) is 30.3 Å². The van der Waals surface area contributed by atoms with E-state index in [0.29, 0.717) is 23.5 Å². The van der Waals surface area contributed by atoms with Crippen molar-refractivity contribution in [2.45, 2.75) is 33.6 Å². The molecule has 0 heterocycles. The molecule has 0 atom stereocenters. The number of benzene rings is 2. The zero-order chi connectivity index (χ0) is 17.5. The Hall–Kier alpha value is -2.62. The molecule has 2 rings (SSSR count). The van der Waals surface area contributed by atoms with Crippen molar-refractivity contribution in [1.29, 1.82) is 0 Å². The predicted octanol–water partition coefficient (Wildman–Crippen LogP) is 4.48. The molecule has 0 aliphatic rings. The van der Waals surface area contributed by atoms with Gasteiger partial charge in [-0.1, -0.05) is 19.4 Å². The third-order valence-corrected chi connectivity index (χ3v) is 3.78. The summed E-state index contributed by atoms with van der Waals surface area (Å²) in [6, 6.07) is 11.8. The van der Waals surface area contributed by atoms with Crippen LogP contribution in [0.5, 0.6) is 5.75 Å². The van der Waals surface area contributed by atoms with Crippen LogP contribution in [0.2, 0.25) is 0 Å². The summed E-state index contributed by atoms with van der Waals surface area (Å²) in [7, 11) is 0. The highest BCUT2D eigenvalue weighted by Gasteiger charge is 2.12. The Kier molecular flexibility index (Phi) is 6.13. The average molecular weight is 326 g/mol. The second-order valence-electron chi connectivity index (χ2n) is 5.70.